The van der Waals surface area contributed by atoms with Crippen LogP contribution in [0.4, 0.5) is 10.5 Å². The Bertz CT molecular complexity index is 837. The molecule has 4 rings (SSSR count). The molecule has 2 heterocycles. The Morgan fingerprint density at radius 2 is 1.82 bits per heavy atom. The number of H-pyrrole nitrogens is 1. The SMILES string of the molecule is O=C(Nc1c[nH]c2ccccc12)N1CCc2ccccc2C1. The van der Waals surface area contributed by atoms with E-state index in [1.54, 1.807) is 0 Å². The van der Waals surface area contributed by atoms with Gasteiger partial charge in [0.15, 0.2) is 0 Å². The van der Waals surface area contributed by atoms with E-state index >= 15 is 0 Å². The lowest BCUT2D eigenvalue weighted by Gasteiger charge is -2.28. The van der Waals surface area contributed by atoms with Crippen molar-refractivity contribution in [2.45, 2.75) is 13.0 Å². The van der Waals surface area contributed by atoms with Gasteiger partial charge in [0.05, 0.1) is 5.69 Å². The lowest BCUT2D eigenvalue weighted by Crippen LogP contribution is -2.38. The fourth-order valence-electron chi connectivity index (χ4n) is 3.04. The monoisotopic (exact) mass is 291 g/mol. The van der Waals surface area contributed by atoms with E-state index in [1.807, 2.05) is 41.4 Å². The van der Waals surface area contributed by atoms with Gasteiger partial charge in [0, 0.05) is 30.2 Å². The highest BCUT2D eigenvalue weighted by Gasteiger charge is 2.20. The number of urea groups is 1. The Morgan fingerprint density at radius 3 is 2.73 bits per heavy atom. The number of nitrogens with one attached hydrogen (secondary N) is 2. The molecule has 1 aromatic heterocycles. The van der Waals surface area contributed by atoms with E-state index in [4.69, 9.17) is 0 Å². The van der Waals surface area contributed by atoms with Gasteiger partial charge in [0.2, 0.25) is 0 Å². The maximum absolute atomic E-state index is 12.5. The summed E-state index contributed by atoms with van der Waals surface area (Å²) in [5, 5.41) is 4.06. The summed E-state index contributed by atoms with van der Waals surface area (Å²) < 4.78 is 0. The predicted octanol–water partition coefficient (Wildman–Crippen LogP) is 3.76. The van der Waals surface area contributed by atoms with Crippen LogP contribution in [0.15, 0.2) is 54.7 Å². The summed E-state index contributed by atoms with van der Waals surface area (Å²) in [6.45, 7) is 1.43. The second-order valence-corrected chi connectivity index (χ2v) is 5.62. The summed E-state index contributed by atoms with van der Waals surface area (Å²) in [6.07, 6.45) is 2.76. The van der Waals surface area contributed by atoms with Gasteiger partial charge in [-0.3, -0.25) is 0 Å². The molecule has 0 unspecified atom stereocenters. The van der Waals surface area contributed by atoms with Crippen molar-refractivity contribution < 1.29 is 4.79 Å². The van der Waals surface area contributed by atoms with E-state index in [9.17, 15) is 4.79 Å². The highest BCUT2D eigenvalue weighted by Crippen LogP contribution is 2.24. The topological polar surface area (TPSA) is 48.1 Å². The van der Waals surface area contributed by atoms with E-state index in [0.717, 1.165) is 29.6 Å². The van der Waals surface area contributed by atoms with Crippen LogP contribution in [0.25, 0.3) is 10.9 Å². The first-order valence-corrected chi connectivity index (χ1v) is 7.50. The number of amides is 2. The standard InChI is InChI=1S/C18H17N3O/c22-18(20-17-11-19-16-8-4-3-7-15(16)17)21-10-9-13-5-1-2-6-14(13)12-21/h1-8,11,19H,9-10,12H2,(H,20,22). The molecule has 2 N–H and O–H groups in total. The maximum Gasteiger partial charge on any atom is 0.322 e. The molecular weight excluding hydrogens is 274 g/mol. The number of para-hydroxylation sites is 1. The van der Waals surface area contributed by atoms with Crippen LogP contribution < -0.4 is 5.32 Å². The first-order chi connectivity index (χ1) is 10.8. The normalized spacial score (nSPS) is 13.9. The van der Waals surface area contributed by atoms with Crippen molar-refractivity contribution in [3.05, 3.63) is 65.9 Å². The largest absolute Gasteiger partial charge is 0.359 e. The van der Waals surface area contributed by atoms with Crippen LogP contribution in [0.5, 0.6) is 0 Å². The third-order valence-corrected chi connectivity index (χ3v) is 4.25. The molecule has 2 aromatic carbocycles. The lowest BCUT2D eigenvalue weighted by atomic mass is 10.0. The molecule has 0 fully saturated rings. The average molecular weight is 291 g/mol. The van der Waals surface area contributed by atoms with Gasteiger partial charge in [-0.05, 0) is 23.6 Å². The van der Waals surface area contributed by atoms with Crippen LogP contribution in [0, 0.1) is 0 Å². The van der Waals surface area contributed by atoms with Crippen molar-refractivity contribution in [2.75, 3.05) is 11.9 Å². The lowest BCUT2D eigenvalue weighted by molar-refractivity contribution is 0.206. The predicted molar refractivity (Wildman–Crippen MR) is 87.9 cm³/mol. The van der Waals surface area contributed by atoms with Crippen molar-refractivity contribution in [2.24, 2.45) is 0 Å². The number of carbonyl (C=O) groups excluding carboxylic acids is 1. The molecule has 0 radical (unpaired) electrons. The molecule has 1 aliphatic rings. The number of benzene rings is 2. The zero-order valence-corrected chi connectivity index (χ0v) is 12.2. The molecule has 4 nitrogen and oxygen atoms in total. The number of hydrogen-bond acceptors (Lipinski definition) is 1. The molecule has 1 aliphatic heterocycles. The number of aromatic amines is 1. The molecule has 0 atom stereocenters. The summed E-state index contributed by atoms with van der Waals surface area (Å²) in [7, 11) is 0. The fraction of sp³-hybridized carbons (Fsp3) is 0.167. The number of fused-ring (bicyclic) bond motifs is 2. The average Bonchev–Trinajstić information content (AvgIpc) is 2.97. The molecule has 0 saturated carbocycles. The minimum Gasteiger partial charge on any atom is -0.359 e. The zero-order chi connectivity index (χ0) is 14.9. The molecule has 110 valence electrons. The Kier molecular flexibility index (Phi) is 3.07. The third kappa shape index (κ3) is 2.22. The van der Waals surface area contributed by atoms with Crippen LogP contribution in [0.1, 0.15) is 11.1 Å². The van der Waals surface area contributed by atoms with Crippen LogP contribution in [0.3, 0.4) is 0 Å². The van der Waals surface area contributed by atoms with Gasteiger partial charge < -0.3 is 15.2 Å². The van der Waals surface area contributed by atoms with Crippen LogP contribution >= 0.6 is 0 Å². The fourth-order valence-corrected chi connectivity index (χ4v) is 3.04. The highest BCUT2D eigenvalue weighted by atomic mass is 16.2. The minimum absolute atomic E-state index is 0.0424. The molecule has 2 amide bonds. The number of aromatic nitrogens is 1. The van der Waals surface area contributed by atoms with Crippen molar-refractivity contribution in [1.29, 1.82) is 0 Å². The van der Waals surface area contributed by atoms with E-state index in [2.05, 4.69) is 28.5 Å². The number of hydrogen-bond donors (Lipinski definition) is 2. The second-order valence-electron chi connectivity index (χ2n) is 5.62. The van der Waals surface area contributed by atoms with Gasteiger partial charge in [-0.1, -0.05) is 42.5 Å². The summed E-state index contributed by atoms with van der Waals surface area (Å²) in [4.78, 5) is 17.6. The van der Waals surface area contributed by atoms with Gasteiger partial charge in [-0.25, -0.2) is 4.79 Å². The van der Waals surface area contributed by atoms with Gasteiger partial charge in [0.25, 0.3) is 0 Å². The Hall–Kier alpha value is -2.75. The molecule has 4 heteroatoms. The molecule has 22 heavy (non-hydrogen) atoms. The van der Waals surface area contributed by atoms with E-state index in [1.165, 1.54) is 11.1 Å². The van der Waals surface area contributed by atoms with Crippen molar-refractivity contribution in [3.8, 4) is 0 Å². The Balaban J connectivity index is 1.54. The van der Waals surface area contributed by atoms with Gasteiger partial charge >= 0.3 is 6.03 Å². The van der Waals surface area contributed by atoms with Crippen LogP contribution in [0.2, 0.25) is 0 Å². The Morgan fingerprint density at radius 1 is 1.05 bits per heavy atom. The second kappa shape index (κ2) is 5.22. The minimum atomic E-state index is -0.0424. The molecule has 0 saturated heterocycles. The van der Waals surface area contributed by atoms with Gasteiger partial charge in [-0.15, -0.1) is 0 Å². The van der Waals surface area contributed by atoms with Crippen molar-refractivity contribution >= 4 is 22.6 Å². The molecule has 0 aliphatic carbocycles. The van der Waals surface area contributed by atoms with Crippen LogP contribution in [-0.2, 0) is 13.0 Å². The molecule has 3 aromatic rings. The number of anilines is 1. The van der Waals surface area contributed by atoms with E-state index < -0.39 is 0 Å². The van der Waals surface area contributed by atoms with E-state index in [-0.39, 0.29) is 6.03 Å². The molecule has 0 bridgehead atoms. The van der Waals surface area contributed by atoms with Gasteiger partial charge in [-0.2, -0.15) is 0 Å². The zero-order valence-electron chi connectivity index (χ0n) is 12.2. The quantitative estimate of drug-likeness (QED) is 0.704. The van der Waals surface area contributed by atoms with Crippen LogP contribution in [-0.4, -0.2) is 22.5 Å². The molecular formula is C18H17N3O. The summed E-state index contributed by atoms with van der Waals surface area (Å²) >= 11 is 0. The number of carbonyl (C=O) groups is 1. The smallest absolute Gasteiger partial charge is 0.322 e. The van der Waals surface area contributed by atoms with Gasteiger partial charge in [0.1, 0.15) is 0 Å². The summed E-state index contributed by atoms with van der Waals surface area (Å²) in [5.74, 6) is 0. The van der Waals surface area contributed by atoms with Crippen molar-refractivity contribution in [1.82, 2.24) is 9.88 Å². The van der Waals surface area contributed by atoms with E-state index in [0.29, 0.717) is 6.54 Å². The Labute approximate surface area is 128 Å². The summed E-state index contributed by atoms with van der Waals surface area (Å²) in [6, 6.07) is 16.2. The third-order valence-electron chi connectivity index (χ3n) is 4.25. The first-order valence-electron chi connectivity index (χ1n) is 7.50. The van der Waals surface area contributed by atoms with Crippen molar-refractivity contribution in [3.63, 3.8) is 0 Å². The highest BCUT2D eigenvalue weighted by molar-refractivity contribution is 6.01. The number of rotatable bonds is 1. The maximum atomic E-state index is 12.5. The summed E-state index contributed by atoms with van der Waals surface area (Å²) in [5.41, 5.74) is 4.45. The molecule has 0 spiro atoms. The number of nitrogens with zero attached hydrogens (tertiary/aromatic N) is 1. The first kappa shape index (κ1) is 13.0.